The number of aromatic hydroxyl groups is 1. The molecule has 3 aromatic carbocycles. The summed E-state index contributed by atoms with van der Waals surface area (Å²) >= 11 is 0. The molecule has 0 saturated carbocycles. The van der Waals surface area contributed by atoms with Crippen molar-refractivity contribution in [3.8, 4) is 11.5 Å². The number of halogens is 3. The molecule has 48 heavy (non-hydrogen) atoms. The van der Waals surface area contributed by atoms with Crippen molar-refractivity contribution >= 4 is 16.8 Å². The van der Waals surface area contributed by atoms with E-state index < -0.39 is 12.5 Å². The second-order valence-electron chi connectivity index (χ2n) is 11.2. The highest BCUT2D eigenvalue weighted by molar-refractivity contribution is 5.94. The second kappa shape index (κ2) is 15.7. The molecular weight excluding hydrogens is 627 g/mol. The number of nitrogens with one attached hydrogen (secondary N) is 2. The predicted octanol–water partition coefficient (Wildman–Crippen LogP) is 6.05. The fourth-order valence-corrected chi connectivity index (χ4v) is 5.30. The summed E-state index contributed by atoms with van der Waals surface area (Å²) in [5, 5.41) is 24.6. The minimum atomic E-state index is -4.90. The van der Waals surface area contributed by atoms with Gasteiger partial charge in [-0.05, 0) is 79.4 Å². The van der Waals surface area contributed by atoms with Crippen molar-refractivity contribution in [2.45, 2.75) is 38.5 Å². The van der Waals surface area contributed by atoms with Crippen LogP contribution in [-0.4, -0.2) is 52.0 Å². The quantitative estimate of drug-likeness (QED) is 0.121. The van der Waals surface area contributed by atoms with Crippen molar-refractivity contribution in [2.75, 3.05) is 19.6 Å². The summed E-state index contributed by atoms with van der Waals surface area (Å²) in [5.41, 5.74) is 1.74. The number of rotatable bonds is 14. The number of phenols is 1. The highest BCUT2D eigenvalue weighted by Gasteiger charge is 2.32. The van der Waals surface area contributed by atoms with Crippen LogP contribution in [0.3, 0.4) is 0 Å². The first kappa shape index (κ1) is 34.3. The Morgan fingerprint density at radius 2 is 1.83 bits per heavy atom. The second-order valence-corrected chi connectivity index (χ2v) is 11.2. The number of allylic oxidation sites excluding steroid dienone is 3. The van der Waals surface area contributed by atoms with Crippen molar-refractivity contribution in [3.05, 3.63) is 136 Å². The number of para-hydroxylation sites is 1. The molecular formula is C36H35F3N3O6. The predicted molar refractivity (Wildman–Crippen MR) is 174 cm³/mol. The van der Waals surface area contributed by atoms with E-state index in [1.54, 1.807) is 36.4 Å². The number of aliphatic hydroxyl groups is 1. The summed E-state index contributed by atoms with van der Waals surface area (Å²) in [5.74, 6) is -0.139. The Labute approximate surface area is 274 Å². The average molecular weight is 663 g/mol. The van der Waals surface area contributed by atoms with Gasteiger partial charge in [-0.25, -0.2) is 0 Å². The molecule has 1 aromatic heterocycles. The maximum atomic E-state index is 13.7. The molecule has 1 heterocycles. The topological polar surface area (TPSA) is 124 Å². The van der Waals surface area contributed by atoms with Crippen LogP contribution in [0, 0.1) is 6.42 Å². The molecule has 0 bridgehead atoms. The standard InChI is InChI=1S/C36H35F3N3O6/c37-36(38,39)48-32-10-5-4-7-26(32)22-42(35(46)25-13-11-24(12-14-25)23-47-27-8-2-1-3-9-27)20-6-19-40-21-31(44)28-15-17-30(43)34-29(28)16-18-33(45)41-34/h2-5,7-18,31,40,43-44H,1,6,19-23H2,(H,41,45)/t31-/m0/s1. The smallest absolute Gasteiger partial charge is 0.506 e. The number of hydrogen-bond donors (Lipinski definition) is 4. The number of pyridine rings is 1. The van der Waals surface area contributed by atoms with Gasteiger partial charge in [0.25, 0.3) is 5.91 Å². The molecule has 4 N–H and O–H groups in total. The zero-order valence-electron chi connectivity index (χ0n) is 25.9. The molecule has 0 fully saturated rings. The van der Waals surface area contributed by atoms with Crippen molar-refractivity contribution in [3.63, 3.8) is 0 Å². The Balaban J connectivity index is 1.24. The van der Waals surface area contributed by atoms with Gasteiger partial charge >= 0.3 is 6.36 Å². The molecule has 251 valence electrons. The van der Waals surface area contributed by atoms with Crippen LogP contribution in [-0.2, 0) is 17.9 Å². The number of aliphatic hydroxyl groups excluding tert-OH is 1. The normalized spacial score (nSPS) is 13.6. The van der Waals surface area contributed by atoms with E-state index in [0.29, 0.717) is 36.1 Å². The molecule has 4 aromatic rings. The fourth-order valence-electron chi connectivity index (χ4n) is 5.30. The number of alkyl halides is 3. The Morgan fingerprint density at radius 3 is 2.58 bits per heavy atom. The highest BCUT2D eigenvalue weighted by Crippen LogP contribution is 2.29. The third kappa shape index (κ3) is 9.26. The first-order chi connectivity index (χ1) is 23.1. The summed E-state index contributed by atoms with van der Waals surface area (Å²) < 4.78 is 49.4. The van der Waals surface area contributed by atoms with Crippen molar-refractivity contribution < 1.29 is 37.7 Å². The van der Waals surface area contributed by atoms with Crippen LogP contribution < -0.4 is 15.6 Å². The summed E-state index contributed by atoms with van der Waals surface area (Å²) in [7, 11) is 0. The fraction of sp³-hybridized carbons (Fsp3) is 0.250. The van der Waals surface area contributed by atoms with Gasteiger partial charge < -0.3 is 34.9 Å². The van der Waals surface area contributed by atoms with Crippen molar-refractivity contribution in [1.82, 2.24) is 15.2 Å². The van der Waals surface area contributed by atoms with Gasteiger partial charge in [0, 0.05) is 42.2 Å². The molecule has 1 atom stereocenters. The lowest BCUT2D eigenvalue weighted by Gasteiger charge is -2.25. The molecule has 1 radical (unpaired) electrons. The average Bonchev–Trinajstić information content (AvgIpc) is 3.07. The Kier molecular flexibility index (Phi) is 11.2. The molecule has 1 amide bonds. The minimum Gasteiger partial charge on any atom is -0.506 e. The number of carbonyl (C=O) groups excluding carboxylic acids is 1. The molecule has 1 aliphatic rings. The van der Waals surface area contributed by atoms with Gasteiger partial charge in [-0.1, -0.05) is 42.5 Å². The Morgan fingerprint density at radius 1 is 1.04 bits per heavy atom. The summed E-state index contributed by atoms with van der Waals surface area (Å²) in [4.78, 5) is 29.4. The van der Waals surface area contributed by atoms with Crippen LogP contribution in [0.15, 0.2) is 102 Å². The number of H-pyrrole nitrogens is 1. The first-order valence-electron chi connectivity index (χ1n) is 15.4. The zero-order chi connectivity index (χ0) is 34.1. The van der Waals surface area contributed by atoms with E-state index in [-0.39, 0.29) is 53.7 Å². The largest absolute Gasteiger partial charge is 0.573 e. The van der Waals surface area contributed by atoms with Crippen LogP contribution in [0.5, 0.6) is 11.5 Å². The van der Waals surface area contributed by atoms with Gasteiger partial charge in [0.15, 0.2) is 0 Å². The number of amides is 1. The number of fused-ring (bicyclic) bond motifs is 1. The number of hydrogen-bond acceptors (Lipinski definition) is 7. The third-order valence-electron chi connectivity index (χ3n) is 7.67. The molecule has 1 aliphatic carbocycles. The number of phenolic OH excluding ortho intramolecular Hbond substituents is 1. The Hall–Kier alpha value is -5.07. The molecule has 5 rings (SSSR count). The molecule has 9 nitrogen and oxygen atoms in total. The number of aromatic amines is 1. The van der Waals surface area contributed by atoms with Crippen molar-refractivity contribution in [1.29, 1.82) is 0 Å². The van der Waals surface area contributed by atoms with E-state index in [1.807, 2.05) is 24.6 Å². The van der Waals surface area contributed by atoms with Gasteiger partial charge in [-0.2, -0.15) is 0 Å². The number of carbonyl (C=O) groups is 1. The number of aromatic nitrogens is 1. The van der Waals surface area contributed by atoms with E-state index in [4.69, 9.17) is 4.74 Å². The SMILES string of the molecule is O=C(c1ccc(COC2=C[CH]CC=C2)cc1)N(CCCNC[C@H](O)c1ccc(O)c2[nH]c(=O)ccc12)Cc1ccccc1OC(F)(F)F. The third-order valence-corrected chi connectivity index (χ3v) is 7.67. The van der Waals surface area contributed by atoms with Crippen LogP contribution in [0.2, 0.25) is 0 Å². The van der Waals surface area contributed by atoms with Gasteiger partial charge in [-0.15, -0.1) is 13.2 Å². The van der Waals surface area contributed by atoms with Gasteiger partial charge in [0.1, 0.15) is 23.9 Å². The lowest BCUT2D eigenvalue weighted by molar-refractivity contribution is -0.275. The van der Waals surface area contributed by atoms with Gasteiger partial charge in [0.05, 0.1) is 11.6 Å². The van der Waals surface area contributed by atoms with E-state index in [0.717, 1.165) is 17.7 Å². The first-order valence-corrected chi connectivity index (χ1v) is 15.4. The molecule has 0 saturated heterocycles. The number of ether oxygens (including phenoxy) is 2. The van der Waals surface area contributed by atoms with E-state index in [9.17, 15) is 33.0 Å². The van der Waals surface area contributed by atoms with Crippen LogP contribution >= 0.6 is 0 Å². The molecule has 12 heteroatoms. The van der Waals surface area contributed by atoms with Crippen LogP contribution in [0.4, 0.5) is 13.2 Å². The lowest BCUT2D eigenvalue weighted by atomic mass is 10.0. The molecule has 0 aliphatic heterocycles. The highest BCUT2D eigenvalue weighted by atomic mass is 19.4. The van der Waals surface area contributed by atoms with E-state index in [1.165, 1.54) is 41.3 Å². The Bertz CT molecular complexity index is 1840. The van der Waals surface area contributed by atoms with Crippen molar-refractivity contribution in [2.24, 2.45) is 0 Å². The summed E-state index contributed by atoms with van der Waals surface area (Å²) in [6.45, 7) is 0.858. The summed E-state index contributed by atoms with van der Waals surface area (Å²) in [6.07, 6.45) is 3.16. The van der Waals surface area contributed by atoms with Gasteiger partial charge in [0.2, 0.25) is 5.56 Å². The lowest BCUT2D eigenvalue weighted by Crippen LogP contribution is -2.34. The van der Waals surface area contributed by atoms with E-state index in [2.05, 4.69) is 15.0 Å². The zero-order valence-corrected chi connectivity index (χ0v) is 25.9. The van der Waals surface area contributed by atoms with E-state index >= 15 is 0 Å². The molecule has 0 spiro atoms. The van der Waals surface area contributed by atoms with Crippen LogP contribution in [0.1, 0.15) is 46.0 Å². The maximum absolute atomic E-state index is 13.7. The number of nitrogens with zero attached hydrogens (tertiary/aromatic N) is 1. The summed E-state index contributed by atoms with van der Waals surface area (Å²) in [6, 6.07) is 18.4. The van der Waals surface area contributed by atoms with Crippen LogP contribution in [0.25, 0.3) is 10.9 Å². The maximum Gasteiger partial charge on any atom is 0.573 e. The minimum absolute atomic E-state index is 0.116. The van der Waals surface area contributed by atoms with Gasteiger partial charge in [-0.3, -0.25) is 9.59 Å². The number of benzene rings is 3. The molecule has 0 unspecified atom stereocenters. The monoisotopic (exact) mass is 662 g/mol.